The Morgan fingerprint density at radius 2 is 1.97 bits per heavy atom. The average molecular weight is 541 g/mol. The maximum atomic E-state index is 13.4. The van der Waals surface area contributed by atoms with Gasteiger partial charge in [0.15, 0.2) is 5.11 Å². The third-order valence-electron chi connectivity index (χ3n) is 6.69. The number of hydrogen-bond donors (Lipinski definition) is 1. The Hall–Kier alpha value is -2.51. The minimum atomic E-state index is -0.472. The standard InChI is InChI=1S/C27H30BrN3O2S/c1-6-10-30-23-11-16(2)18(12-21(23)17(3)15-27(30,4)5)13-22-24(32)29-26(34)31(25(22)33)20-9-7-8-19(28)14-20/h7-9,11-14,17H,6,10,15H2,1-5H3,(H,29,32,34)/b22-13-. The van der Waals surface area contributed by atoms with Crippen LogP contribution in [0.4, 0.5) is 11.4 Å². The molecule has 2 aromatic rings. The first kappa shape index (κ1) is 24.6. The normalized spacial score (nSPS) is 21.1. The van der Waals surface area contributed by atoms with Crippen molar-refractivity contribution in [2.75, 3.05) is 16.3 Å². The molecular weight excluding hydrogens is 510 g/mol. The minimum Gasteiger partial charge on any atom is -0.366 e. The number of anilines is 2. The van der Waals surface area contributed by atoms with E-state index in [-0.39, 0.29) is 16.2 Å². The zero-order chi connectivity index (χ0) is 24.8. The molecule has 1 N–H and O–H groups in total. The van der Waals surface area contributed by atoms with E-state index in [4.69, 9.17) is 12.2 Å². The zero-order valence-corrected chi connectivity index (χ0v) is 22.6. The number of amides is 2. The number of fused-ring (bicyclic) bond motifs is 1. The van der Waals surface area contributed by atoms with Gasteiger partial charge in [0.1, 0.15) is 5.57 Å². The molecule has 2 heterocycles. The maximum Gasteiger partial charge on any atom is 0.270 e. The lowest BCUT2D eigenvalue weighted by molar-refractivity contribution is -0.122. The molecule has 178 valence electrons. The molecule has 7 heteroatoms. The SMILES string of the molecule is CCCN1c2cc(C)c(/C=C3/C(=O)NC(=S)N(c4cccc(Br)c4)C3=O)cc2C(C)CC1(C)C. The van der Waals surface area contributed by atoms with E-state index >= 15 is 0 Å². The molecular formula is C27H30BrN3O2S. The molecule has 2 amide bonds. The summed E-state index contributed by atoms with van der Waals surface area (Å²) in [5, 5.41) is 2.76. The Morgan fingerprint density at radius 1 is 1.24 bits per heavy atom. The van der Waals surface area contributed by atoms with Crippen molar-refractivity contribution in [2.24, 2.45) is 0 Å². The number of halogens is 1. The molecule has 0 spiro atoms. The van der Waals surface area contributed by atoms with Gasteiger partial charge in [-0.1, -0.05) is 35.8 Å². The second-order valence-electron chi connectivity index (χ2n) is 9.77. The second-order valence-corrected chi connectivity index (χ2v) is 11.1. The van der Waals surface area contributed by atoms with Crippen LogP contribution in [0.25, 0.3) is 6.08 Å². The first-order valence-corrected chi connectivity index (χ1v) is 12.8. The zero-order valence-electron chi connectivity index (χ0n) is 20.2. The van der Waals surface area contributed by atoms with Crippen LogP contribution in [-0.4, -0.2) is 29.0 Å². The highest BCUT2D eigenvalue weighted by Crippen LogP contribution is 2.44. The summed E-state index contributed by atoms with van der Waals surface area (Å²) in [7, 11) is 0. The van der Waals surface area contributed by atoms with Gasteiger partial charge in [0.05, 0.1) is 5.69 Å². The van der Waals surface area contributed by atoms with E-state index in [1.165, 1.54) is 16.2 Å². The van der Waals surface area contributed by atoms with Gasteiger partial charge in [0.25, 0.3) is 11.8 Å². The number of hydrogen-bond acceptors (Lipinski definition) is 4. The van der Waals surface area contributed by atoms with Gasteiger partial charge in [0.2, 0.25) is 0 Å². The van der Waals surface area contributed by atoms with Gasteiger partial charge in [-0.3, -0.25) is 19.8 Å². The smallest absolute Gasteiger partial charge is 0.270 e. The Balaban J connectivity index is 1.78. The summed E-state index contributed by atoms with van der Waals surface area (Å²) in [6, 6.07) is 11.6. The van der Waals surface area contributed by atoms with Crippen LogP contribution in [0.15, 0.2) is 46.4 Å². The van der Waals surface area contributed by atoms with Crippen LogP contribution in [0.3, 0.4) is 0 Å². The monoisotopic (exact) mass is 539 g/mol. The van der Waals surface area contributed by atoms with E-state index in [0.29, 0.717) is 11.6 Å². The van der Waals surface area contributed by atoms with Crippen LogP contribution in [0.1, 0.15) is 63.1 Å². The molecule has 2 aliphatic heterocycles. The summed E-state index contributed by atoms with van der Waals surface area (Å²) >= 11 is 8.77. The number of nitrogens with one attached hydrogen (secondary N) is 1. The summed E-state index contributed by atoms with van der Waals surface area (Å²) in [5.74, 6) is -0.525. The van der Waals surface area contributed by atoms with Crippen LogP contribution in [0.2, 0.25) is 0 Å². The van der Waals surface area contributed by atoms with E-state index in [9.17, 15) is 9.59 Å². The predicted molar refractivity (Wildman–Crippen MR) is 146 cm³/mol. The van der Waals surface area contributed by atoms with Gasteiger partial charge in [0, 0.05) is 22.2 Å². The number of aryl methyl sites for hydroxylation is 1. The minimum absolute atomic E-state index is 0.0748. The molecule has 0 aliphatic carbocycles. The van der Waals surface area contributed by atoms with E-state index in [1.807, 2.05) is 19.1 Å². The largest absolute Gasteiger partial charge is 0.366 e. The quantitative estimate of drug-likeness (QED) is 0.290. The summed E-state index contributed by atoms with van der Waals surface area (Å²) in [6.45, 7) is 12.1. The summed E-state index contributed by atoms with van der Waals surface area (Å²) < 4.78 is 0.821. The highest BCUT2D eigenvalue weighted by atomic mass is 79.9. The first-order valence-electron chi connectivity index (χ1n) is 11.6. The van der Waals surface area contributed by atoms with E-state index in [0.717, 1.165) is 35.0 Å². The van der Waals surface area contributed by atoms with Crippen LogP contribution in [0.5, 0.6) is 0 Å². The Labute approximate surface area is 215 Å². The number of carbonyl (C=O) groups is 2. The molecule has 0 radical (unpaired) electrons. The highest BCUT2D eigenvalue weighted by molar-refractivity contribution is 9.10. The molecule has 2 aromatic carbocycles. The molecule has 1 atom stereocenters. The molecule has 1 saturated heterocycles. The Bertz CT molecular complexity index is 1220. The van der Waals surface area contributed by atoms with Gasteiger partial charge < -0.3 is 4.90 Å². The van der Waals surface area contributed by atoms with Gasteiger partial charge in [-0.05, 0) is 105 Å². The van der Waals surface area contributed by atoms with Crippen LogP contribution < -0.4 is 15.1 Å². The van der Waals surface area contributed by atoms with E-state index in [2.05, 4.69) is 66.0 Å². The third-order valence-corrected chi connectivity index (χ3v) is 7.47. The molecule has 0 bridgehead atoms. The van der Waals surface area contributed by atoms with Gasteiger partial charge in [-0.15, -0.1) is 0 Å². The van der Waals surface area contributed by atoms with Crippen molar-refractivity contribution in [3.8, 4) is 0 Å². The topological polar surface area (TPSA) is 52.7 Å². The second kappa shape index (κ2) is 9.27. The summed E-state index contributed by atoms with van der Waals surface area (Å²) in [5.41, 5.74) is 5.17. The number of nitrogens with zero attached hydrogens (tertiary/aromatic N) is 2. The van der Waals surface area contributed by atoms with Crippen molar-refractivity contribution < 1.29 is 9.59 Å². The van der Waals surface area contributed by atoms with Crippen LogP contribution >= 0.6 is 28.1 Å². The third kappa shape index (κ3) is 4.43. The average Bonchev–Trinajstić information content (AvgIpc) is 2.74. The molecule has 0 saturated carbocycles. The van der Waals surface area contributed by atoms with Crippen molar-refractivity contribution in [3.63, 3.8) is 0 Å². The van der Waals surface area contributed by atoms with Crippen molar-refractivity contribution >= 4 is 62.5 Å². The Kier molecular flexibility index (Phi) is 6.71. The Morgan fingerprint density at radius 3 is 2.65 bits per heavy atom. The van der Waals surface area contributed by atoms with Crippen molar-refractivity contribution in [1.29, 1.82) is 0 Å². The fourth-order valence-electron chi connectivity index (χ4n) is 5.12. The molecule has 1 unspecified atom stereocenters. The van der Waals surface area contributed by atoms with Crippen LogP contribution in [0, 0.1) is 6.92 Å². The van der Waals surface area contributed by atoms with Crippen molar-refractivity contribution in [2.45, 2.75) is 58.9 Å². The van der Waals surface area contributed by atoms with Crippen molar-refractivity contribution in [1.82, 2.24) is 5.32 Å². The number of rotatable bonds is 4. The predicted octanol–water partition coefficient (Wildman–Crippen LogP) is 6.09. The van der Waals surface area contributed by atoms with Crippen molar-refractivity contribution in [3.05, 3.63) is 63.1 Å². The molecule has 2 aliphatic rings. The summed E-state index contributed by atoms with van der Waals surface area (Å²) in [6.07, 6.45) is 3.82. The lowest BCUT2D eigenvalue weighted by atomic mass is 9.78. The van der Waals surface area contributed by atoms with E-state index in [1.54, 1.807) is 18.2 Å². The lowest BCUT2D eigenvalue weighted by Gasteiger charge is -2.48. The maximum absolute atomic E-state index is 13.4. The van der Waals surface area contributed by atoms with Crippen LogP contribution in [-0.2, 0) is 9.59 Å². The first-order chi connectivity index (χ1) is 16.0. The fraction of sp³-hybridized carbons (Fsp3) is 0.370. The number of benzene rings is 2. The molecule has 4 rings (SSSR count). The molecule has 0 aromatic heterocycles. The van der Waals surface area contributed by atoms with E-state index < -0.39 is 11.8 Å². The van der Waals surface area contributed by atoms with Gasteiger partial charge in [-0.25, -0.2) is 0 Å². The molecule has 34 heavy (non-hydrogen) atoms. The summed E-state index contributed by atoms with van der Waals surface area (Å²) in [4.78, 5) is 30.1. The molecule has 1 fully saturated rings. The fourth-order valence-corrected chi connectivity index (χ4v) is 5.78. The van der Waals surface area contributed by atoms with Gasteiger partial charge in [-0.2, -0.15) is 0 Å². The lowest BCUT2D eigenvalue weighted by Crippen LogP contribution is -2.54. The number of carbonyl (C=O) groups excluding carboxylic acids is 2. The molecule has 5 nitrogen and oxygen atoms in total. The highest BCUT2D eigenvalue weighted by Gasteiger charge is 2.37. The number of thiocarbonyl (C=S) groups is 1. The van der Waals surface area contributed by atoms with Gasteiger partial charge >= 0.3 is 0 Å².